The first-order valence-electron chi connectivity index (χ1n) is 11.6. The van der Waals surface area contributed by atoms with Crippen LogP contribution in [0.2, 0.25) is 0 Å². The van der Waals surface area contributed by atoms with E-state index in [4.69, 9.17) is 4.42 Å². The van der Waals surface area contributed by atoms with Crippen LogP contribution in [0.25, 0.3) is 11.6 Å². The number of halogens is 3. The van der Waals surface area contributed by atoms with Crippen LogP contribution in [0.3, 0.4) is 0 Å². The minimum Gasteiger partial charge on any atom is -0.440 e. The molecule has 5 rings (SSSR count). The molecule has 0 unspecified atom stereocenters. The number of nitrogens with zero attached hydrogens (tertiary/aromatic N) is 5. The maximum absolute atomic E-state index is 12.9. The smallest absolute Gasteiger partial charge is 0.416 e. The zero-order valence-electron chi connectivity index (χ0n) is 19.3. The van der Waals surface area contributed by atoms with Gasteiger partial charge in [-0.05, 0) is 74.7 Å². The highest BCUT2D eigenvalue weighted by Gasteiger charge is 2.55. The van der Waals surface area contributed by atoms with Crippen molar-refractivity contribution in [2.45, 2.75) is 49.9 Å². The molecule has 2 aliphatic rings. The number of alkyl halides is 3. The van der Waals surface area contributed by atoms with Crippen molar-refractivity contribution in [3.8, 4) is 11.6 Å². The molecule has 0 radical (unpaired) electrons. The molecule has 6 nitrogen and oxygen atoms in total. The second-order valence-corrected chi connectivity index (χ2v) is 10.5. The van der Waals surface area contributed by atoms with Gasteiger partial charge in [-0.15, -0.1) is 10.2 Å². The summed E-state index contributed by atoms with van der Waals surface area (Å²) in [7, 11) is 1.93. The van der Waals surface area contributed by atoms with Crippen LogP contribution < -0.4 is 0 Å². The van der Waals surface area contributed by atoms with Gasteiger partial charge in [-0.25, -0.2) is 4.98 Å². The third-order valence-corrected chi connectivity index (χ3v) is 8.26. The predicted molar refractivity (Wildman–Crippen MR) is 123 cm³/mol. The summed E-state index contributed by atoms with van der Waals surface area (Å²) in [6, 6.07) is 5.79. The van der Waals surface area contributed by atoms with Crippen molar-refractivity contribution >= 4 is 11.8 Å². The fourth-order valence-electron chi connectivity index (χ4n) is 5.23. The van der Waals surface area contributed by atoms with Gasteiger partial charge < -0.3 is 13.9 Å². The lowest BCUT2D eigenvalue weighted by Gasteiger charge is -2.34. The Kier molecular flexibility index (Phi) is 6.22. The number of thioether (sulfide) groups is 1. The first kappa shape index (κ1) is 23.4. The van der Waals surface area contributed by atoms with E-state index in [0.717, 1.165) is 67.5 Å². The van der Waals surface area contributed by atoms with Crippen molar-refractivity contribution in [2.24, 2.45) is 12.5 Å². The standard InChI is InChI=1S/C24H28F3N5OS/c1-16-20(33-15-28-16)21-29-30-22(31(21)2)34-12-4-11-32-10-3-9-23(14-32)13-19(23)17-5-7-18(8-6-17)24(25,26)27/h5-8,15,19H,3-4,9-14H2,1-2H3/t19-,23-/m1/s1. The summed E-state index contributed by atoms with van der Waals surface area (Å²) in [6.45, 7) is 5.02. The monoisotopic (exact) mass is 491 g/mol. The zero-order valence-corrected chi connectivity index (χ0v) is 20.1. The molecule has 1 saturated carbocycles. The third kappa shape index (κ3) is 4.62. The van der Waals surface area contributed by atoms with Crippen molar-refractivity contribution in [1.29, 1.82) is 0 Å². The van der Waals surface area contributed by atoms with E-state index in [1.54, 1.807) is 23.9 Å². The molecule has 1 aromatic carbocycles. The minimum atomic E-state index is -4.28. The lowest BCUT2D eigenvalue weighted by atomic mass is 9.89. The maximum Gasteiger partial charge on any atom is 0.416 e. The average Bonchev–Trinajstić information content (AvgIpc) is 3.10. The number of hydrogen-bond donors (Lipinski definition) is 0. The molecule has 3 heterocycles. The largest absolute Gasteiger partial charge is 0.440 e. The van der Waals surface area contributed by atoms with Crippen LogP contribution in [-0.4, -0.2) is 50.0 Å². The molecule has 3 aromatic rings. The van der Waals surface area contributed by atoms with Gasteiger partial charge in [-0.2, -0.15) is 13.2 Å². The Labute approximate surface area is 200 Å². The van der Waals surface area contributed by atoms with E-state index < -0.39 is 11.7 Å². The lowest BCUT2D eigenvalue weighted by Crippen LogP contribution is -2.38. The summed E-state index contributed by atoms with van der Waals surface area (Å²) in [5.74, 6) is 2.64. The van der Waals surface area contributed by atoms with E-state index >= 15 is 0 Å². The van der Waals surface area contributed by atoms with Crippen LogP contribution in [0, 0.1) is 12.3 Å². The van der Waals surface area contributed by atoms with Crippen molar-refractivity contribution in [3.05, 3.63) is 47.5 Å². The van der Waals surface area contributed by atoms with Crippen molar-refractivity contribution in [3.63, 3.8) is 0 Å². The molecular weight excluding hydrogens is 463 g/mol. The van der Waals surface area contributed by atoms with Crippen LogP contribution in [0.4, 0.5) is 13.2 Å². The van der Waals surface area contributed by atoms with E-state index in [1.165, 1.54) is 18.5 Å². The first-order valence-corrected chi connectivity index (χ1v) is 12.6. The fraction of sp³-hybridized carbons (Fsp3) is 0.542. The summed E-state index contributed by atoms with van der Waals surface area (Å²) in [5.41, 5.74) is 1.50. The first-order chi connectivity index (χ1) is 16.3. The molecular formula is C24H28F3N5OS. The van der Waals surface area contributed by atoms with E-state index in [-0.39, 0.29) is 5.41 Å². The quantitative estimate of drug-likeness (QED) is 0.319. The SMILES string of the molecule is Cc1ncoc1-c1nnc(SCCCN2CCC[C@@]3(C[C@@H]3c3ccc(C(F)(F)F)cc3)C2)n1C. The lowest BCUT2D eigenvalue weighted by molar-refractivity contribution is -0.137. The molecule has 0 N–H and O–H groups in total. The number of aromatic nitrogens is 4. The fourth-order valence-corrected chi connectivity index (χ4v) is 6.06. The highest BCUT2D eigenvalue weighted by molar-refractivity contribution is 7.99. The van der Waals surface area contributed by atoms with Crippen LogP contribution in [0.5, 0.6) is 0 Å². The Morgan fingerprint density at radius 3 is 2.71 bits per heavy atom. The molecule has 2 aromatic heterocycles. The van der Waals surface area contributed by atoms with Gasteiger partial charge in [-0.3, -0.25) is 0 Å². The average molecular weight is 492 g/mol. The molecule has 34 heavy (non-hydrogen) atoms. The highest BCUT2D eigenvalue weighted by atomic mass is 32.2. The van der Waals surface area contributed by atoms with Gasteiger partial charge in [0.1, 0.15) is 0 Å². The Bertz CT molecular complexity index is 1140. The van der Waals surface area contributed by atoms with Gasteiger partial charge in [0.2, 0.25) is 5.82 Å². The number of aryl methyl sites for hydroxylation is 1. The van der Waals surface area contributed by atoms with Crippen LogP contribution in [0.15, 0.2) is 40.2 Å². The molecule has 1 aliphatic carbocycles. The molecule has 2 fully saturated rings. The number of rotatable bonds is 7. The maximum atomic E-state index is 12.9. The van der Waals surface area contributed by atoms with Gasteiger partial charge >= 0.3 is 6.18 Å². The Morgan fingerprint density at radius 2 is 2.00 bits per heavy atom. The second-order valence-electron chi connectivity index (χ2n) is 9.45. The number of piperidine rings is 1. The highest BCUT2D eigenvalue weighted by Crippen LogP contribution is 2.63. The van der Waals surface area contributed by atoms with Crippen LogP contribution >= 0.6 is 11.8 Å². The zero-order chi connectivity index (χ0) is 23.9. The van der Waals surface area contributed by atoms with E-state index in [0.29, 0.717) is 17.5 Å². The van der Waals surface area contributed by atoms with Crippen molar-refractivity contribution < 1.29 is 17.6 Å². The molecule has 1 saturated heterocycles. The normalized spacial score (nSPS) is 23.0. The molecule has 2 atom stereocenters. The molecule has 1 aliphatic heterocycles. The molecule has 0 bridgehead atoms. The van der Waals surface area contributed by atoms with Crippen LogP contribution in [0.1, 0.15) is 48.4 Å². The van der Waals surface area contributed by atoms with Gasteiger partial charge in [-0.1, -0.05) is 23.9 Å². The number of hydrogen-bond acceptors (Lipinski definition) is 6. The Balaban J connectivity index is 1.11. The van der Waals surface area contributed by atoms with Crippen LogP contribution in [-0.2, 0) is 13.2 Å². The number of oxazole rings is 1. The van der Waals surface area contributed by atoms with E-state index in [9.17, 15) is 13.2 Å². The second kappa shape index (κ2) is 9.03. The summed E-state index contributed by atoms with van der Waals surface area (Å²) in [6.07, 6.45) is 1.56. The molecule has 0 amide bonds. The molecule has 182 valence electrons. The Morgan fingerprint density at radius 1 is 1.21 bits per heavy atom. The van der Waals surface area contributed by atoms with Crippen molar-refractivity contribution in [2.75, 3.05) is 25.4 Å². The Hall–Kier alpha value is -2.33. The van der Waals surface area contributed by atoms with Gasteiger partial charge in [0.15, 0.2) is 17.3 Å². The summed E-state index contributed by atoms with van der Waals surface area (Å²) in [4.78, 5) is 6.64. The number of likely N-dealkylation sites (tertiary alicyclic amines) is 1. The van der Waals surface area contributed by atoms with Gasteiger partial charge in [0, 0.05) is 19.3 Å². The third-order valence-electron chi connectivity index (χ3n) is 7.15. The number of benzene rings is 1. The van der Waals surface area contributed by atoms with E-state index in [2.05, 4.69) is 20.1 Å². The van der Waals surface area contributed by atoms with Gasteiger partial charge in [0.05, 0.1) is 11.3 Å². The predicted octanol–water partition coefficient (Wildman–Crippen LogP) is 5.55. The van der Waals surface area contributed by atoms with Crippen molar-refractivity contribution in [1.82, 2.24) is 24.6 Å². The minimum absolute atomic E-state index is 0.235. The summed E-state index contributed by atoms with van der Waals surface area (Å²) < 4.78 is 46.0. The van der Waals surface area contributed by atoms with E-state index in [1.807, 2.05) is 18.5 Å². The summed E-state index contributed by atoms with van der Waals surface area (Å²) in [5, 5.41) is 9.41. The summed E-state index contributed by atoms with van der Waals surface area (Å²) >= 11 is 1.68. The molecule has 10 heteroatoms. The topological polar surface area (TPSA) is 60.0 Å². The molecule has 1 spiro atoms. The van der Waals surface area contributed by atoms with Gasteiger partial charge in [0.25, 0.3) is 0 Å².